The summed E-state index contributed by atoms with van der Waals surface area (Å²) in [5.74, 6) is -3.60. The highest BCUT2D eigenvalue weighted by molar-refractivity contribution is 6.31. The minimum atomic E-state index is -1.69. The van der Waals surface area contributed by atoms with E-state index in [0.717, 1.165) is 17.5 Å². The van der Waals surface area contributed by atoms with Crippen molar-refractivity contribution < 1.29 is 38.1 Å². The smallest absolute Gasteiger partial charge is 0.303 e. The Kier molecular flexibility index (Phi) is 9.34. The van der Waals surface area contributed by atoms with Crippen LogP contribution in [-0.4, -0.2) is 49.4 Å². The summed E-state index contributed by atoms with van der Waals surface area (Å²) in [6.45, 7) is 7.42. The van der Waals surface area contributed by atoms with Crippen LogP contribution in [0.1, 0.15) is 56.9 Å². The van der Waals surface area contributed by atoms with Crippen molar-refractivity contribution in [2.45, 2.75) is 77.7 Å². The Morgan fingerprint density at radius 1 is 0.892 bits per heavy atom. The highest BCUT2D eigenvalue weighted by Gasteiger charge is 2.60. The zero-order valence-electron chi connectivity index (χ0n) is 21.9. The second-order valence-corrected chi connectivity index (χ2v) is 9.43. The maximum absolute atomic E-state index is 12.2. The van der Waals surface area contributed by atoms with E-state index < -0.39 is 48.1 Å². The summed E-state index contributed by atoms with van der Waals surface area (Å²) in [7, 11) is 1.40. The Morgan fingerprint density at radius 2 is 1.46 bits per heavy atom. The number of carbonyl (C=O) groups excluding carboxylic acids is 3. The van der Waals surface area contributed by atoms with E-state index >= 15 is 0 Å². The van der Waals surface area contributed by atoms with Gasteiger partial charge in [0.25, 0.3) is 0 Å². The van der Waals surface area contributed by atoms with Crippen molar-refractivity contribution in [1.82, 2.24) is 0 Å². The summed E-state index contributed by atoms with van der Waals surface area (Å²) in [6.07, 6.45) is -2.85. The third kappa shape index (κ3) is 6.50. The molecule has 5 atom stereocenters. The molecule has 1 heterocycles. The second kappa shape index (κ2) is 12.1. The van der Waals surface area contributed by atoms with Crippen molar-refractivity contribution in [2.24, 2.45) is 0 Å². The molecule has 0 amide bonds. The summed E-state index contributed by atoms with van der Waals surface area (Å²) < 4.78 is 28.9. The molecule has 1 unspecified atom stereocenters. The van der Waals surface area contributed by atoms with Crippen molar-refractivity contribution in [3.63, 3.8) is 0 Å². The van der Waals surface area contributed by atoms with Crippen molar-refractivity contribution in [2.75, 3.05) is 7.11 Å². The third-order valence-corrected chi connectivity index (χ3v) is 6.66. The maximum Gasteiger partial charge on any atom is 0.303 e. The standard InChI is InChI=1S/C28H33ClO8/c1-7-20-8-10-21(11-9-20)14-22-15-23(12-13-24(22)29)28(33-6)27(36-19(5)32)26(35-18(4)31)25(16(2)37-28)34-17(3)30/h8-13,15-16,25-27H,7,14H2,1-6H3/t16-,25-,26+,27-,28?/m1/s1. The molecule has 0 saturated carbocycles. The Balaban J connectivity index is 2.11. The molecule has 0 N–H and O–H groups in total. The Hall–Kier alpha value is -2.94. The molecule has 2 aromatic carbocycles. The lowest BCUT2D eigenvalue weighted by molar-refractivity contribution is -0.362. The molecule has 0 aliphatic carbocycles. The van der Waals surface area contributed by atoms with Crippen molar-refractivity contribution in [3.05, 3.63) is 69.7 Å². The van der Waals surface area contributed by atoms with Gasteiger partial charge in [-0.3, -0.25) is 14.4 Å². The van der Waals surface area contributed by atoms with E-state index in [0.29, 0.717) is 17.0 Å². The molecule has 1 aliphatic rings. The van der Waals surface area contributed by atoms with E-state index in [1.54, 1.807) is 19.1 Å². The molecule has 1 aliphatic heterocycles. The van der Waals surface area contributed by atoms with Crippen molar-refractivity contribution in [3.8, 4) is 0 Å². The number of carbonyl (C=O) groups is 3. The van der Waals surface area contributed by atoms with Gasteiger partial charge < -0.3 is 23.7 Å². The number of rotatable bonds is 8. The molecule has 8 nitrogen and oxygen atoms in total. The van der Waals surface area contributed by atoms with Gasteiger partial charge >= 0.3 is 17.9 Å². The van der Waals surface area contributed by atoms with Crippen molar-refractivity contribution >= 4 is 29.5 Å². The molecule has 9 heteroatoms. The first-order chi connectivity index (χ1) is 17.5. The fourth-order valence-electron chi connectivity index (χ4n) is 4.62. The highest BCUT2D eigenvalue weighted by atomic mass is 35.5. The first-order valence-corrected chi connectivity index (χ1v) is 12.5. The Bertz CT molecular complexity index is 1130. The molecule has 0 aromatic heterocycles. The van der Waals surface area contributed by atoms with Gasteiger partial charge in [0.2, 0.25) is 11.9 Å². The van der Waals surface area contributed by atoms with Gasteiger partial charge in [-0.2, -0.15) is 0 Å². The predicted octanol–water partition coefficient (Wildman–Crippen LogP) is 4.51. The monoisotopic (exact) mass is 532 g/mol. The first kappa shape index (κ1) is 28.6. The Morgan fingerprint density at radius 3 is 2.00 bits per heavy atom. The number of esters is 3. The Labute approximate surface area is 222 Å². The van der Waals surface area contributed by atoms with E-state index in [-0.39, 0.29) is 0 Å². The van der Waals surface area contributed by atoms with Gasteiger partial charge in [-0.25, -0.2) is 0 Å². The molecule has 0 spiro atoms. The number of halogens is 1. The lowest BCUT2D eigenvalue weighted by atomic mass is 9.86. The molecule has 0 bridgehead atoms. The van der Waals surface area contributed by atoms with E-state index in [1.165, 1.54) is 33.4 Å². The number of hydrogen-bond donors (Lipinski definition) is 0. The van der Waals surface area contributed by atoms with Gasteiger partial charge in [0, 0.05) is 38.5 Å². The van der Waals surface area contributed by atoms with Gasteiger partial charge in [-0.1, -0.05) is 48.9 Å². The summed E-state index contributed by atoms with van der Waals surface area (Å²) in [6, 6.07) is 13.5. The normalized spacial score (nSPS) is 25.3. The van der Waals surface area contributed by atoms with E-state index in [1.807, 2.05) is 6.07 Å². The SMILES string of the molecule is CCc1ccc(Cc2cc(C3(OC)O[C@H](C)[C@@H](OC(C)=O)[C@H](OC(C)=O)[C@H]3OC(C)=O)ccc2Cl)cc1. The molecule has 200 valence electrons. The quantitative estimate of drug-likeness (QED) is 0.362. The van der Waals surface area contributed by atoms with Crippen LogP contribution in [0.3, 0.4) is 0 Å². The van der Waals surface area contributed by atoms with E-state index in [4.69, 9.17) is 35.3 Å². The van der Waals surface area contributed by atoms with Crippen LogP contribution in [0.2, 0.25) is 5.02 Å². The highest BCUT2D eigenvalue weighted by Crippen LogP contribution is 2.44. The molecule has 0 radical (unpaired) electrons. The van der Waals surface area contributed by atoms with Gasteiger partial charge in [0.05, 0.1) is 6.10 Å². The van der Waals surface area contributed by atoms with Crippen LogP contribution in [-0.2, 0) is 56.7 Å². The third-order valence-electron chi connectivity index (χ3n) is 6.29. The fourth-order valence-corrected chi connectivity index (χ4v) is 4.80. The van der Waals surface area contributed by atoms with Crippen LogP contribution < -0.4 is 0 Å². The minimum absolute atomic E-state index is 0.496. The molecule has 2 aromatic rings. The number of ether oxygens (including phenoxy) is 5. The molecular formula is C28H33ClO8. The summed E-state index contributed by atoms with van der Waals surface area (Å²) in [5, 5.41) is 0.539. The van der Waals surface area contributed by atoms with Crippen LogP contribution >= 0.6 is 11.6 Å². The zero-order chi connectivity index (χ0) is 27.3. The van der Waals surface area contributed by atoms with Crippen LogP contribution in [0.15, 0.2) is 42.5 Å². The summed E-state index contributed by atoms with van der Waals surface area (Å²) in [5.41, 5.74) is 3.58. The summed E-state index contributed by atoms with van der Waals surface area (Å²) >= 11 is 6.57. The fraction of sp³-hybridized carbons (Fsp3) is 0.464. The summed E-state index contributed by atoms with van der Waals surface area (Å²) in [4.78, 5) is 36.1. The van der Waals surface area contributed by atoms with Gasteiger partial charge in [0.15, 0.2) is 12.2 Å². The van der Waals surface area contributed by atoms with Crippen LogP contribution in [0.4, 0.5) is 0 Å². The topological polar surface area (TPSA) is 97.4 Å². The molecule has 3 rings (SSSR count). The average Bonchev–Trinajstić information content (AvgIpc) is 2.84. The van der Waals surface area contributed by atoms with Crippen LogP contribution in [0.5, 0.6) is 0 Å². The lowest BCUT2D eigenvalue weighted by Gasteiger charge is -2.50. The number of methoxy groups -OCH3 is 1. The van der Waals surface area contributed by atoms with E-state index in [9.17, 15) is 14.4 Å². The molecule has 1 fully saturated rings. The molecule has 1 saturated heterocycles. The molecular weight excluding hydrogens is 500 g/mol. The average molecular weight is 533 g/mol. The van der Waals surface area contributed by atoms with Crippen molar-refractivity contribution in [1.29, 1.82) is 0 Å². The van der Waals surface area contributed by atoms with Gasteiger partial charge in [-0.05, 0) is 48.6 Å². The van der Waals surface area contributed by atoms with E-state index in [2.05, 4.69) is 31.2 Å². The number of benzene rings is 2. The van der Waals surface area contributed by atoms with Gasteiger partial charge in [0.1, 0.15) is 0 Å². The minimum Gasteiger partial charge on any atom is -0.456 e. The maximum atomic E-state index is 12.2. The largest absolute Gasteiger partial charge is 0.456 e. The van der Waals surface area contributed by atoms with Crippen LogP contribution in [0, 0.1) is 0 Å². The van der Waals surface area contributed by atoms with Gasteiger partial charge in [-0.15, -0.1) is 0 Å². The number of hydrogen-bond acceptors (Lipinski definition) is 8. The van der Waals surface area contributed by atoms with Crippen LogP contribution in [0.25, 0.3) is 0 Å². The number of aryl methyl sites for hydroxylation is 1. The molecule has 37 heavy (non-hydrogen) atoms. The zero-order valence-corrected chi connectivity index (χ0v) is 22.7. The second-order valence-electron chi connectivity index (χ2n) is 9.03. The first-order valence-electron chi connectivity index (χ1n) is 12.1. The predicted molar refractivity (Wildman–Crippen MR) is 136 cm³/mol. The lowest BCUT2D eigenvalue weighted by Crippen LogP contribution is -2.65.